The van der Waals surface area contributed by atoms with Crippen molar-refractivity contribution in [2.24, 2.45) is 0 Å². The minimum Gasteiger partial charge on any atom is -0.341 e. The monoisotopic (exact) mass is 463 g/mol. The molecule has 1 amide bonds. The van der Waals surface area contributed by atoms with Crippen molar-refractivity contribution in [3.05, 3.63) is 96.1 Å². The summed E-state index contributed by atoms with van der Waals surface area (Å²) in [5.74, 6) is 2.02. The Labute approximate surface area is 205 Å². The number of hydrogen-bond donors (Lipinski definition) is 0. The molecular weight excluding hydrogens is 434 g/mol. The molecule has 6 nitrogen and oxygen atoms in total. The lowest BCUT2D eigenvalue weighted by atomic mass is 9.89. The first kappa shape index (κ1) is 21.6. The Morgan fingerprint density at radius 3 is 2.29 bits per heavy atom. The molecule has 3 heterocycles. The molecule has 3 aromatic carbocycles. The van der Waals surface area contributed by atoms with Crippen molar-refractivity contribution in [2.75, 3.05) is 24.5 Å². The van der Waals surface area contributed by atoms with E-state index in [4.69, 9.17) is 10.1 Å². The fourth-order valence-corrected chi connectivity index (χ4v) is 5.32. The summed E-state index contributed by atoms with van der Waals surface area (Å²) >= 11 is 0. The van der Waals surface area contributed by atoms with Crippen molar-refractivity contribution >= 4 is 17.5 Å². The Morgan fingerprint density at radius 2 is 1.51 bits per heavy atom. The third-order valence-electron chi connectivity index (χ3n) is 7.22. The number of para-hydroxylation sites is 1. The van der Waals surface area contributed by atoms with E-state index in [1.807, 2.05) is 35.2 Å². The highest BCUT2D eigenvalue weighted by atomic mass is 16.2. The average molecular weight is 464 g/mol. The Balaban J connectivity index is 1.23. The number of nitrogens with zero attached hydrogens (tertiary/aromatic N) is 5. The van der Waals surface area contributed by atoms with Crippen LogP contribution in [0.4, 0.5) is 11.6 Å². The fourth-order valence-electron chi connectivity index (χ4n) is 5.32. The lowest BCUT2D eigenvalue weighted by molar-refractivity contribution is -0.133. The van der Waals surface area contributed by atoms with Crippen LogP contribution in [-0.4, -0.2) is 45.2 Å². The Morgan fingerprint density at radius 1 is 0.829 bits per heavy atom. The number of amides is 1. The van der Waals surface area contributed by atoms with Gasteiger partial charge in [-0.05, 0) is 42.4 Å². The Kier molecular flexibility index (Phi) is 5.78. The molecule has 0 N–H and O–H groups in total. The summed E-state index contributed by atoms with van der Waals surface area (Å²) in [5, 5.41) is 4.85. The number of aromatic nitrogens is 3. The highest BCUT2D eigenvalue weighted by Crippen LogP contribution is 2.34. The van der Waals surface area contributed by atoms with Crippen LogP contribution in [0.2, 0.25) is 0 Å². The van der Waals surface area contributed by atoms with Crippen LogP contribution in [0.25, 0.3) is 11.4 Å². The van der Waals surface area contributed by atoms with Crippen LogP contribution in [-0.2, 0) is 17.8 Å². The average Bonchev–Trinajstić information content (AvgIpc) is 3.54. The van der Waals surface area contributed by atoms with E-state index in [1.54, 1.807) is 4.68 Å². The van der Waals surface area contributed by atoms with Crippen molar-refractivity contribution in [3.8, 4) is 11.4 Å². The minimum absolute atomic E-state index is 0.104. The molecule has 4 aromatic rings. The van der Waals surface area contributed by atoms with Gasteiger partial charge in [0.25, 0.3) is 0 Å². The first-order valence-electron chi connectivity index (χ1n) is 12.4. The number of benzene rings is 3. The zero-order valence-electron chi connectivity index (χ0n) is 19.8. The molecule has 0 bridgehead atoms. The van der Waals surface area contributed by atoms with E-state index in [-0.39, 0.29) is 12.5 Å². The fraction of sp³-hybridized carbons (Fsp3) is 0.276. The molecule has 1 fully saturated rings. The van der Waals surface area contributed by atoms with Gasteiger partial charge in [-0.25, -0.2) is 4.68 Å². The molecular formula is C29H29N5O. The van der Waals surface area contributed by atoms with E-state index in [2.05, 4.69) is 59.5 Å². The van der Waals surface area contributed by atoms with Gasteiger partial charge < -0.3 is 9.80 Å². The quantitative estimate of drug-likeness (QED) is 0.416. The van der Waals surface area contributed by atoms with Gasteiger partial charge >= 0.3 is 0 Å². The number of fused-ring (bicyclic) bond motifs is 1. The molecule has 6 heteroatoms. The number of carbonyl (C=O) groups is 1. The largest absolute Gasteiger partial charge is 0.341 e. The predicted molar refractivity (Wildman–Crippen MR) is 138 cm³/mol. The van der Waals surface area contributed by atoms with Crippen molar-refractivity contribution in [1.82, 2.24) is 19.7 Å². The van der Waals surface area contributed by atoms with E-state index < -0.39 is 0 Å². The van der Waals surface area contributed by atoms with Gasteiger partial charge in [-0.3, -0.25) is 4.79 Å². The summed E-state index contributed by atoms with van der Waals surface area (Å²) in [6, 6.07) is 29.1. The SMILES string of the molecule is O=C(Cn1nc(N2CCc3ccccc32)nc1-c1ccccc1)N1CCC(c2ccccc2)CC1. The van der Waals surface area contributed by atoms with E-state index in [1.165, 1.54) is 11.1 Å². The van der Waals surface area contributed by atoms with E-state index >= 15 is 0 Å². The first-order valence-corrected chi connectivity index (χ1v) is 12.4. The molecule has 6 rings (SSSR count). The zero-order valence-corrected chi connectivity index (χ0v) is 19.8. The maximum atomic E-state index is 13.3. The molecule has 0 saturated carbocycles. The summed E-state index contributed by atoms with van der Waals surface area (Å²) < 4.78 is 1.79. The maximum absolute atomic E-state index is 13.3. The lowest BCUT2D eigenvalue weighted by Gasteiger charge is -2.32. The van der Waals surface area contributed by atoms with Gasteiger partial charge in [0.2, 0.25) is 11.9 Å². The smallest absolute Gasteiger partial charge is 0.249 e. The highest BCUT2D eigenvalue weighted by molar-refractivity contribution is 5.77. The van der Waals surface area contributed by atoms with Crippen LogP contribution in [0.3, 0.4) is 0 Å². The molecule has 35 heavy (non-hydrogen) atoms. The molecule has 0 atom stereocenters. The summed E-state index contributed by atoms with van der Waals surface area (Å²) in [6.07, 6.45) is 2.96. The van der Waals surface area contributed by atoms with Crippen LogP contribution in [0.5, 0.6) is 0 Å². The molecule has 1 aromatic heterocycles. The topological polar surface area (TPSA) is 54.3 Å². The standard InChI is InChI=1S/C29H29N5O/c35-27(32-18-15-23(16-19-32)22-9-3-1-4-10-22)21-34-28(25-12-5-2-6-13-25)30-29(31-34)33-20-17-24-11-7-8-14-26(24)33/h1-14,23H,15-21H2. The third-order valence-corrected chi connectivity index (χ3v) is 7.22. The molecule has 0 aliphatic carbocycles. The van der Waals surface area contributed by atoms with Gasteiger partial charge in [0.1, 0.15) is 6.54 Å². The highest BCUT2D eigenvalue weighted by Gasteiger charge is 2.28. The van der Waals surface area contributed by atoms with Crippen LogP contribution in [0, 0.1) is 0 Å². The number of piperidine rings is 1. The molecule has 0 spiro atoms. The second-order valence-corrected chi connectivity index (χ2v) is 9.36. The second kappa shape index (κ2) is 9.37. The number of likely N-dealkylation sites (tertiary alicyclic amines) is 1. The molecule has 2 aliphatic heterocycles. The van der Waals surface area contributed by atoms with Crippen LogP contribution in [0.15, 0.2) is 84.9 Å². The van der Waals surface area contributed by atoms with Crippen molar-refractivity contribution < 1.29 is 4.79 Å². The minimum atomic E-state index is 0.104. The van der Waals surface area contributed by atoms with Gasteiger partial charge in [0, 0.05) is 30.9 Å². The molecule has 1 saturated heterocycles. The van der Waals surface area contributed by atoms with Crippen LogP contribution in [0.1, 0.15) is 29.9 Å². The predicted octanol–water partition coefficient (Wildman–Crippen LogP) is 5.05. The Hall–Kier alpha value is -3.93. The summed E-state index contributed by atoms with van der Waals surface area (Å²) in [7, 11) is 0. The van der Waals surface area contributed by atoms with Crippen LogP contribution >= 0.6 is 0 Å². The molecule has 2 aliphatic rings. The zero-order chi connectivity index (χ0) is 23.6. The number of carbonyl (C=O) groups excluding carboxylic acids is 1. The first-order chi connectivity index (χ1) is 17.3. The van der Waals surface area contributed by atoms with Crippen LogP contribution < -0.4 is 4.90 Å². The summed E-state index contributed by atoms with van der Waals surface area (Å²) in [5.41, 5.74) is 4.80. The van der Waals surface area contributed by atoms with Gasteiger partial charge in [-0.15, -0.1) is 5.10 Å². The van der Waals surface area contributed by atoms with Crippen molar-refractivity contribution in [1.29, 1.82) is 0 Å². The maximum Gasteiger partial charge on any atom is 0.249 e. The van der Waals surface area contributed by atoms with Gasteiger partial charge in [-0.2, -0.15) is 4.98 Å². The number of hydrogen-bond acceptors (Lipinski definition) is 4. The van der Waals surface area contributed by atoms with Gasteiger partial charge in [0.05, 0.1) is 0 Å². The number of rotatable bonds is 5. The van der Waals surface area contributed by atoms with Crippen molar-refractivity contribution in [2.45, 2.75) is 31.7 Å². The molecule has 176 valence electrons. The van der Waals surface area contributed by atoms with Gasteiger partial charge in [0.15, 0.2) is 5.82 Å². The summed E-state index contributed by atoms with van der Waals surface area (Å²) in [6.45, 7) is 2.60. The van der Waals surface area contributed by atoms with E-state index in [9.17, 15) is 4.79 Å². The number of anilines is 2. The van der Waals surface area contributed by atoms with Crippen molar-refractivity contribution in [3.63, 3.8) is 0 Å². The van der Waals surface area contributed by atoms with E-state index in [0.717, 1.165) is 56.0 Å². The molecule has 0 unspecified atom stereocenters. The normalized spacial score (nSPS) is 15.9. The van der Waals surface area contributed by atoms with E-state index in [0.29, 0.717) is 11.9 Å². The third kappa shape index (κ3) is 4.32. The lowest BCUT2D eigenvalue weighted by Crippen LogP contribution is -2.40. The summed E-state index contributed by atoms with van der Waals surface area (Å²) in [4.78, 5) is 22.4. The second-order valence-electron chi connectivity index (χ2n) is 9.36. The Bertz CT molecular complexity index is 1310. The van der Waals surface area contributed by atoms with Gasteiger partial charge in [-0.1, -0.05) is 78.9 Å². The molecule has 0 radical (unpaired) electrons.